The molecular weight excluding hydrogens is 256 g/mol. The van der Waals surface area contributed by atoms with Gasteiger partial charge in [0.05, 0.1) is 6.04 Å². The molecule has 2 N–H and O–H groups in total. The van der Waals surface area contributed by atoms with Crippen LogP contribution in [-0.4, -0.2) is 35.0 Å². The first kappa shape index (κ1) is 15.2. The molecule has 4 heteroatoms. The highest BCUT2D eigenvalue weighted by atomic mass is 32.2. The fourth-order valence-electron chi connectivity index (χ4n) is 3.30. The molecule has 0 aromatic rings. The van der Waals surface area contributed by atoms with Crippen molar-refractivity contribution in [2.45, 2.75) is 82.2 Å². The van der Waals surface area contributed by atoms with Gasteiger partial charge in [-0.1, -0.05) is 19.8 Å². The van der Waals surface area contributed by atoms with Crippen molar-refractivity contribution in [2.75, 3.05) is 5.75 Å². The predicted octanol–water partition coefficient (Wildman–Crippen LogP) is 2.70. The normalized spacial score (nSPS) is 29.6. The highest BCUT2D eigenvalue weighted by Crippen LogP contribution is 2.29. The highest BCUT2D eigenvalue weighted by Gasteiger charge is 2.28. The van der Waals surface area contributed by atoms with Gasteiger partial charge in [0.15, 0.2) is 0 Å². The SMILES string of the molecule is CCSC1CCC(NC(C)C(=O)NC2CCCC2)C1. The van der Waals surface area contributed by atoms with Gasteiger partial charge < -0.3 is 10.6 Å². The number of thioether (sulfide) groups is 1. The minimum atomic E-state index is -0.0454. The number of rotatable bonds is 6. The minimum Gasteiger partial charge on any atom is -0.352 e. The molecule has 0 radical (unpaired) electrons. The molecule has 19 heavy (non-hydrogen) atoms. The lowest BCUT2D eigenvalue weighted by atomic mass is 10.2. The molecule has 0 spiro atoms. The lowest BCUT2D eigenvalue weighted by molar-refractivity contribution is -0.123. The van der Waals surface area contributed by atoms with Crippen LogP contribution in [0.15, 0.2) is 0 Å². The summed E-state index contributed by atoms with van der Waals surface area (Å²) in [5, 5.41) is 7.50. The van der Waals surface area contributed by atoms with Crippen LogP contribution >= 0.6 is 11.8 Å². The number of hydrogen-bond donors (Lipinski definition) is 2. The fraction of sp³-hybridized carbons (Fsp3) is 0.933. The first-order valence-corrected chi connectivity index (χ1v) is 8.92. The van der Waals surface area contributed by atoms with Crippen molar-refractivity contribution in [1.29, 1.82) is 0 Å². The van der Waals surface area contributed by atoms with Gasteiger partial charge in [-0.05, 0) is 44.8 Å². The summed E-state index contributed by atoms with van der Waals surface area (Å²) in [6, 6.07) is 0.924. The van der Waals surface area contributed by atoms with E-state index in [9.17, 15) is 4.79 Å². The molecule has 2 aliphatic rings. The van der Waals surface area contributed by atoms with Gasteiger partial charge in [-0.2, -0.15) is 11.8 Å². The van der Waals surface area contributed by atoms with Gasteiger partial charge in [0, 0.05) is 17.3 Å². The molecule has 3 atom stereocenters. The van der Waals surface area contributed by atoms with E-state index in [1.807, 2.05) is 6.92 Å². The second-order valence-corrected chi connectivity index (χ2v) is 7.54. The van der Waals surface area contributed by atoms with Crippen LogP contribution in [0.4, 0.5) is 0 Å². The molecular formula is C15H28N2OS. The van der Waals surface area contributed by atoms with Gasteiger partial charge in [0.25, 0.3) is 0 Å². The van der Waals surface area contributed by atoms with Gasteiger partial charge in [-0.3, -0.25) is 4.79 Å². The second-order valence-electron chi connectivity index (χ2n) is 5.97. The zero-order valence-electron chi connectivity index (χ0n) is 12.3. The molecule has 0 saturated heterocycles. The molecule has 0 aliphatic heterocycles. The van der Waals surface area contributed by atoms with Crippen LogP contribution in [0.2, 0.25) is 0 Å². The number of carbonyl (C=O) groups is 1. The molecule has 0 heterocycles. The van der Waals surface area contributed by atoms with E-state index in [4.69, 9.17) is 0 Å². The Kier molecular flexibility index (Phi) is 6.02. The van der Waals surface area contributed by atoms with Crippen molar-refractivity contribution in [3.8, 4) is 0 Å². The van der Waals surface area contributed by atoms with Crippen molar-refractivity contribution in [3.63, 3.8) is 0 Å². The number of nitrogens with one attached hydrogen (secondary N) is 2. The molecule has 2 rings (SSSR count). The summed E-state index contributed by atoms with van der Waals surface area (Å²) in [4.78, 5) is 12.1. The quantitative estimate of drug-likeness (QED) is 0.788. The smallest absolute Gasteiger partial charge is 0.237 e. The average molecular weight is 284 g/mol. The van der Waals surface area contributed by atoms with Crippen LogP contribution in [-0.2, 0) is 4.79 Å². The lowest BCUT2D eigenvalue weighted by Gasteiger charge is -2.21. The third kappa shape index (κ3) is 4.67. The second kappa shape index (κ2) is 7.53. The maximum atomic E-state index is 12.1. The third-order valence-electron chi connectivity index (χ3n) is 4.37. The Bertz CT molecular complexity index is 292. The summed E-state index contributed by atoms with van der Waals surface area (Å²) in [5.41, 5.74) is 0. The Morgan fingerprint density at radius 3 is 2.63 bits per heavy atom. The van der Waals surface area contributed by atoms with E-state index in [1.165, 1.54) is 37.9 Å². The van der Waals surface area contributed by atoms with E-state index < -0.39 is 0 Å². The Morgan fingerprint density at radius 2 is 1.95 bits per heavy atom. The van der Waals surface area contributed by atoms with Crippen LogP contribution in [0.25, 0.3) is 0 Å². The molecule has 3 unspecified atom stereocenters. The summed E-state index contributed by atoms with van der Waals surface area (Å²) in [7, 11) is 0. The van der Waals surface area contributed by atoms with Gasteiger partial charge in [0.2, 0.25) is 5.91 Å². The molecule has 2 saturated carbocycles. The lowest BCUT2D eigenvalue weighted by Crippen LogP contribution is -2.48. The molecule has 1 amide bonds. The molecule has 0 bridgehead atoms. The Balaban J connectivity index is 1.68. The summed E-state index contributed by atoms with van der Waals surface area (Å²) in [5.74, 6) is 1.40. The molecule has 0 aromatic heterocycles. The number of amides is 1. The van der Waals surface area contributed by atoms with Crippen molar-refractivity contribution >= 4 is 17.7 Å². The topological polar surface area (TPSA) is 41.1 Å². The van der Waals surface area contributed by atoms with E-state index in [2.05, 4.69) is 29.3 Å². The van der Waals surface area contributed by atoms with Crippen LogP contribution in [0, 0.1) is 0 Å². The summed E-state index contributed by atoms with van der Waals surface area (Å²) in [6.45, 7) is 4.23. The van der Waals surface area contributed by atoms with Gasteiger partial charge in [-0.15, -0.1) is 0 Å². The van der Waals surface area contributed by atoms with E-state index >= 15 is 0 Å². The molecule has 2 fully saturated rings. The zero-order valence-corrected chi connectivity index (χ0v) is 13.1. The Morgan fingerprint density at radius 1 is 1.21 bits per heavy atom. The largest absolute Gasteiger partial charge is 0.352 e. The maximum Gasteiger partial charge on any atom is 0.237 e. The summed E-state index contributed by atoms with van der Waals surface area (Å²) < 4.78 is 0. The average Bonchev–Trinajstić information content (AvgIpc) is 3.02. The maximum absolute atomic E-state index is 12.1. The van der Waals surface area contributed by atoms with Crippen LogP contribution in [0.3, 0.4) is 0 Å². The summed E-state index contributed by atoms with van der Waals surface area (Å²) in [6.07, 6.45) is 8.61. The van der Waals surface area contributed by atoms with Crippen LogP contribution in [0.5, 0.6) is 0 Å². The Hall–Kier alpha value is -0.220. The third-order valence-corrected chi connectivity index (χ3v) is 5.60. The highest BCUT2D eigenvalue weighted by molar-refractivity contribution is 7.99. The number of hydrogen-bond acceptors (Lipinski definition) is 3. The molecule has 3 nitrogen and oxygen atoms in total. The van der Waals surface area contributed by atoms with Gasteiger partial charge >= 0.3 is 0 Å². The first-order chi connectivity index (χ1) is 9.19. The van der Waals surface area contributed by atoms with Gasteiger partial charge in [0.1, 0.15) is 0 Å². The van der Waals surface area contributed by atoms with Crippen LogP contribution in [0.1, 0.15) is 58.8 Å². The fourth-order valence-corrected chi connectivity index (χ4v) is 4.45. The monoisotopic (exact) mass is 284 g/mol. The standard InChI is InChI=1S/C15H28N2OS/c1-3-19-14-9-8-13(10-14)16-11(2)15(18)17-12-6-4-5-7-12/h11-14,16H,3-10H2,1-2H3,(H,17,18). The first-order valence-electron chi connectivity index (χ1n) is 7.87. The van der Waals surface area contributed by atoms with Crippen LogP contribution < -0.4 is 10.6 Å². The molecule has 2 aliphatic carbocycles. The molecule has 0 aromatic carbocycles. The minimum absolute atomic E-state index is 0.0454. The van der Waals surface area contributed by atoms with Crippen molar-refractivity contribution in [3.05, 3.63) is 0 Å². The van der Waals surface area contributed by atoms with Gasteiger partial charge in [-0.25, -0.2) is 0 Å². The van der Waals surface area contributed by atoms with Crippen molar-refractivity contribution in [2.24, 2.45) is 0 Å². The Labute approximate surface area is 121 Å². The predicted molar refractivity (Wildman–Crippen MR) is 82.6 cm³/mol. The van der Waals surface area contributed by atoms with E-state index in [0.29, 0.717) is 12.1 Å². The van der Waals surface area contributed by atoms with E-state index in [-0.39, 0.29) is 11.9 Å². The van der Waals surface area contributed by atoms with Crippen molar-refractivity contribution < 1.29 is 4.79 Å². The molecule has 110 valence electrons. The zero-order chi connectivity index (χ0) is 13.7. The van der Waals surface area contributed by atoms with E-state index in [0.717, 1.165) is 18.1 Å². The van der Waals surface area contributed by atoms with Crippen molar-refractivity contribution in [1.82, 2.24) is 10.6 Å². The summed E-state index contributed by atoms with van der Waals surface area (Å²) >= 11 is 2.06. The number of carbonyl (C=O) groups excluding carboxylic acids is 1. The van der Waals surface area contributed by atoms with E-state index in [1.54, 1.807) is 0 Å².